The van der Waals surface area contributed by atoms with Crippen molar-refractivity contribution in [3.63, 3.8) is 0 Å². The maximum atomic E-state index is 12.0. The molecule has 0 fully saturated rings. The van der Waals surface area contributed by atoms with Gasteiger partial charge in [-0.15, -0.1) is 11.3 Å². The van der Waals surface area contributed by atoms with Crippen molar-refractivity contribution in [2.45, 2.75) is 39.2 Å². The highest BCUT2D eigenvalue weighted by molar-refractivity contribution is 7.11. The van der Waals surface area contributed by atoms with Gasteiger partial charge >= 0.3 is 0 Å². The largest absolute Gasteiger partial charge is 0.385 e. The Morgan fingerprint density at radius 2 is 2.00 bits per heavy atom. The molecule has 4 nitrogen and oxygen atoms in total. The first kappa shape index (κ1) is 16.6. The van der Waals surface area contributed by atoms with E-state index in [1.807, 2.05) is 44.2 Å². The predicted molar refractivity (Wildman–Crippen MR) is 88.9 cm³/mol. The highest BCUT2D eigenvalue weighted by Gasteiger charge is 2.26. The zero-order valence-corrected chi connectivity index (χ0v) is 14.0. The van der Waals surface area contributed by atoms with Gasteiger partial charge in [-0.3, -0.25) is 4.79 Å². The van der Waals surface area contributed by atoms with Gasteiger partial charge in [0.1, 0.15) is 0 Å². The molecule has 118 valence electrons. The fourth-order valence-electron chi connectivity index (χ4n) is 2.23. The Labute approximate surface area is 135 Å². The molecular weight excluding hydrogens is 296 g/mol. The van der Waals surface area contributed by atoms with Gasteiger partial charge in [0.05, 0.1) is 22.7 Å². The van der Waals surface area contributed by atoms with E-state index in [1.54, 1.807) is 18.3 Å². The van der Waals surface area contributed by atoms with Crippen molar-refractivity contribution in [2.24, 2.45) is 0 Å². The SMILES string of the molecule is Cc1nc(CCNC(=O)CC(C)(O)c2ccccc2)sc1C. The number of carbonyl (C=O) groups excluding carboxylic acids is 1. The molecule has 1 amide bonds. The second-order valence-electron chi connectivity index (χ2n) is 5.67. The lowest BCUT2D eigenvalue weighted by Gasteiger charge is -2.23. The molecule has 22 heavy (non-hydrogen) atoms. The van der Waals surface area contributed by atoms with Crippen molar-refractivity contribution in [3.8, 4) is 0 Å². The van der Waals surface area contributed by atoms with Crippen LogP contribution in [-0.4, -0.2) is 22.5 Å². The second-order valence-corrected chi connectivity index (χ2v) is 6.95. The molecule has 1 aromatic carbocycles. The number of carbonyl (C=O) groups is 1. The number of aromatic nitrogens is 1. The zero-order valence-electron chi connectivity index (χ0n) is 13.2. The fraction of sp³-hybridized carbons (Fsp3) is 0.412. The van der Waals surface area contributed by atoms with E-state index in [2.05, 4.69) is 10.3 Å². The van der Waals surface area contributed by atoms with Crippen LogP contribution in [-0.2, 0) is 16.8 Å². The third kappa shape index (κ3) is 4.39. The summed E-state index contributed by atoms with van der Waals surface area (Å²) in [6.45, 7) is 6.24. The lowest BCUT2D eigenvalue weighted by Crippen LogP contribution is -2.33. The van der Waals surface area contributed by atoms with Crippen molar-refractivity contribution in [1.82, 2.24) is 10.3 Å². The molecule has 2 N–H and O–H groups in total. The first-order valence-electron chi connectivity index (χ1n) is 7.36. The van der Waals surface area contributed by atoms with Gasteiger partial charge in [-0.05, 0) is 26.3 Å². The van der Waals surface area contributed by atoms with Crippen LogP contribution in [0.1, 0.15) is 34.5 Å². The minimum Gasteiger partial charge on any atom is -0.385 e. The number of rotatable bonds is 6. The molecule has 1 unspecified atom stereocenters. The molecule has 5 heteroatoms. The van der Waals surface area contributed by atoms with Crippen LogP contribution < -0.4 is 5.32 Å². The lowest BCUT2D eigenvalue weighted by atomic mass is 9.92. The Balaban J connectivity index is 1.83. The molecule has 0 aliphatic carbocycles. The molecule has 0 saturated heterocycles. The molecule has 0 spiro atoms. The Kier molecular flexibility index (Phi) is 5.32. The quantitative estimate of drug-likeness (QED) is 0.861. The molecule has 0 aliphatic rings. The average Bonchev–Trinajstić information content (AvgIpc) is 2.78. The number of hydrogen-bond donors (Lipinski definition) is 2. The Morgan fingerprint density at radius 3 is 2.59 bits per heavy atom. The van der Waals surface area contributed by atoms with E-state index < -0.39 is 5.60 Å². The summed E-state index contributed by atoms with van der Waals surface area (Å²) in [5.74, 6) is -0.154. The summed E-state index contributed by atoms with van der Waals surface area (Å²) in [4.78, 5) is 17.7. The Bertz CT molecular complexity index is 616. The topological polar surface area (TPSA) is 62.2 Å². The second kappa shape index (κ2) is 7.03. The molecule has 0 saturated carbocycles. The molecular formula is C17H22N2O2S. The third-order valence-corrected chi connectivity index (χ3v) is 4.77. The maximum Gasteiger partial charge on any atom is 0.223 e. The van der Waals surface area contributed by atoms with Gasteiger partial charge in [0, 0.05) is 17.8 Å². The summed E-state index contributed by atoms with van der Waals surface area (Å²) >= 11 is 1.66. The van der Waals surface area contributed by atoms with Crippen LogP contribution in [0.2, 0.25) is 0 Å². The minimum absolute atomic E-state index is 0.0485. The van der Waals surface area contributed by atoms with Crippen molar-refractivity contribution < 1.29 is 9.90 Å². The van der Waals surface area contributed by atoms with E-state index in [-0.39, 0.29) is 12.3 Å². The van der Waals surface area contributed by atoms with Gasteiger partial charge < -0.3 is 10.4 Å². The number of nitrogens with one attached hydrogen (secondary N) is 1. The predicted octanol–water partition coefficient (Wildman–Crippen LogP) is 2.72. The summed E-state index contributed by atoms with van der Waals surface area (Å²) < 4.78 is 0. The van der Waals surface area contributed by atoms with Crippen LogP contribution in [0.15, 0.2) is 30.3 Å². The van der Waals surface area contributed by atoms with Gasteiger partial charge in [0.15, 0.2) is 0 Å². The number of aryl methyl sites for hydroxylation is 2. The van der Waals surface area contributed by atoms with E-state index in [0.717, 1.165) is 22.7 Å². The van der Waals surface area contributed by atoms with Gasteiger partial charge in [0.25, 0.3) is 0 Å². The molecule has 0 aliphatic heterocycles. The molecule has 2 rings (SSSR count). The first-order valence-corrected chi connectivity index (χ1v) is 8.17. The first-order chi connectivity index (χ1) is 10.4. The van der Waals surface area contributed by atoms with Crippen molar-refractivity contribution in [3.05, 3.63) is 51.5 Å². The average molecular weight is 318 g/mol. The molecule has 1 heterocycles. The van der Waals surface area contributed by atoms with E-state index in [9.17, 15) is 9.90 Å². The van der Waals surface area contributed by atoms with Crippen LogP contribution in [0.3, 0.4) is 0 Å². The summed E-state index contributed by atoms with van der Waals surface area (Å²) in [6.07, 6.45) is 0.769. The van der Waals surface area contributed by atoms with E-state index in [0.29, 0.717) is 6.54 Å². The lowest BCUT2D eigenvalue weighted by molar-refractivity contribution is -0.125. The van der Waals surface area contributed by atoms with Crippen molar-refractivity contribution in [2.75, 3.05) is 6.54 Å². The van der Waals surface area contributed by atoms with E-state index >= 15 is 0 Å². The van der Waals surface area contributed by atoms with Crippen LogP contribution in [0.4, 0.5) is 0 Å². The van der Waals surface area contributed by atoms with Crippen molar-refractivity contribution >= 4 is 17.2 Å². The third-order valence-electron chi connectivity index (χ3n) is 3.63. The van der Waals surface area contributed by atoms with E-state index in [4.69, 9.17) is 0 Å². The van der Waals surface area contributed by atoms with Gasteiger partial charge in [-0.1, -0.05) is 30.3 Å². The Morgan fingerprint density at radius 1 is 1.32 bits per heavy atom. The normalized spacial score (nSPS) is 13.6. The number of nitrogens with zero attached hydrogens (tertiary/aromatic N) is 1. The summed E-state index contributed by atoms with van der Waals surface area (Å²) in [5, 5.41) is 14.3. The summed E-state index contributed by atoms with van der Waals surface area (Å²) in [5.41, 5.74) is 0.648. The van der Waals surface area contributed by atoms with Crippen molar-refractivity contribution in [1.29, 1.82) is 0 Å². The zero-order chi connectivity index (χ0) is 16.2. The summed E-state index contributed by atoms with van der Waals surface area (Å²) in [6, 6.07) is 9.25. The number of amides is 1. The van der Waals surface area contributed by atoms with E-state index in [1.165, 1.54) is 4.88 Å². The van der Waals surface area contributed by atoms with Crippen LogP contribution >= 0.6 is 11.3 Å². The molecule has 1 aromatic heterocycles. The molecule has 0 bridgehead atoms. The molecule has 1 atom stereocenters. The highest BCUT2D eigenvalue weighted by atomic mass is 32.1. The number of thiazole rings is 1. The maximum absolute atomic E-state index is 12.0. The number of benzene rings is 1. The van der Waals surface area contributed by atoms with Gasteiger partial charge in [-0.25, -0.2) is 4.98 Å². The number of hydrogen-bond acceptors (Lipinski definition) is 4. The minimum atomic E-state index is -1.15. The van der Waals surface area contributed by atoms with Gasteiger partial charge in [-0.2, -0.15) is 0 Å². The standard InChI is InChI=1S/C17H22N2O2S/c1-12-13(2)22-16(19-12)9-10-18-15(20)11-17(3,21)14-7-5-4-6-8-14/h4-8,21H,9-11H2,1-3H3,(H,18,20). The molecule has 0 radical (unpaired) electrons. The van der Waals surface area contributed by atoms with Crippen LogP contribution in [0, 0.1) is 13.8 Å². The van der Waals surface area contributed by atoms with Gasteiger partial charge in [0.2, 0.25) is 5.91 Å². The fourth-order valence-corrected chi connectivity index (χ4v) is 3.16. The van der Waals surface area contributed by atoms with Crippen LogP contribution in [0.5, 0.6) is 0 Å². The Hall–Kier alpha value is -1.72. The monoisotopic (exact) mass is 318 g/mol. The van der Waals surface area contributed by atoms with Crippen LogP contribution in [0.25, 0.3) is 0 Å². The molecule has 2 aromatic rings. The summed E-state index contributed by atoms with van der Waals surface area (Å²) in [7, 11) is 0. The highest BCUT2D eigenvalue weighted by Crippen LogP contribution is 2.23. The number of aliphatic hydroxyl groups is 1. The smallest absolute Gasteiger partial charge is 0.223 e.